The van der Waals surface area contributed by atoms with Crippen LogP contribution in [0.2, 0.25) is 18.1 Å². The molecule has 0 aliphatic carbocycles. The summed E-state index contributed by atoms with van der Waals surface area (Å²) in [6.45, 7) is 24.8. The van der Waals surface area contributed by atoms with Crippen LogP contribution < -0.4 is 15.0 Å². The molecule has 12 heteroatoms. The molecule has 3 aromatic rings. The predicted octanol–water partition coefficient (Wildman–Crippen LogP) is 8.87. The van der Waals surface area contributed by atoms with Gasteiger partial charge in [0.2, 0.25) is 11.8 Å². The molecule has 0 bridgehead atoms. The van der Waals surface area contributed by atoms with E-state index < -0.39 is 25.4 Å². The van der Waals surface area contributed by atoms with E-state index in [1.54, 1.807) is 17.2 Å². The summed E-state index contributed by atoms with van der Waals surface area (Å²) in [7, 11) is -2.15. The second-order valence-corrected chi connectivity index (χ2v) is 21.5. The number of pyridine rings is 1. The van der Waals surface area contributed by atoms with Crippen molar-refractivity contribution in [2.75, 3.05) is 36.6 Å². The lowest BCUT2D eigenvalue weighted by Crippen LogP contribution is -2.46. The Labute approximate surface area is 304 Å². The Balaban J connectivity index is 1.53. The molecule has 0 unspecified atom stereocenters. The third-order valence-electron chi connectivity index (χ3n) is 9.90. The minimum Gasteiger partial charge on any atom is -0.473 e. The highest BCUT2D eigenvalue weighted by atomic mass is 28.4. The molecule has 5 rings (SSSR count). The number of benzene rings is 1. The SMILES string of the molecule is CC(C)Oc1nc(C2CCOCC2)ccc1Nc1nccc(-c2cc(C#N)c3c(c2)[C@@](C)(CO[Si](C)(C)C(C)(C)C)CN3C(=O)OC(C)(C)C)n1. The van der Waals surface area contributed by atoms with Crippen molar-refractivity contribution in [3.63, 3.8) is 0 Å². The molecule has 274 valence electrons. The number of nitrogens with zero attached hydrogens (tertiary/aromatic N) is 5. The molecular weight excluding hydrogens is 661 g/mol. The Morgan fingerprint density at radius 2 is 1.82 bits per heavy atom. The molecule has 1 fully saturated rings. The number of ether oxygens (including phenoxy) is 3. The summed E-state index contributed by atoms with van der Waals surface area (Å²) in [5.74, 6) is 1.17. The number of nitrogens with one attached hydrogen (secondary N) is 1. The number of anilines is 3. The van der Waals surface area contributed by atoms with Gasteiger partial charge in [-0.25, -0.2) is 19.7 Å². The molecule has 1 amide bonds. The second-order valence-electron chi connectivity index (χ2n) is 16.7. The summed E-state index contributed by atoms with van der Waals surface area (Å²) in [5, 5.41) is 13.8. The molecule has 1 aromatic carbocycles. The van der Waals surface area contributed by atoms with Gasteiger partial charge in [-0.15, -0.1) is 0 Å². The molecule has 2 aliphatic heterocycles. The van der Waals surface area contributed by atoms with E-state index in [0.29, 0.717) is 53.5 Å². The Bertz CT molecular complexity index is 1790. The summed E-state index contributed by atoms with van der Waals surface area (Å²) in [6, 6.07) is 12.0. The van der Waals surface area contributed by atoms with E-state index in [1.807, 2.05) is 58.9 Å². The van der Waals surface area contributed by atoms with E-state index in [9.17, 15) is 10.1 Å². The number of hydrogen-bond acceptors (Lipinski definition) is 10. The van der Waals surface area contributed by atoms with Gasteiger partial charge < -0.3 is 24.0 Å². The molecule has 51 heavy (non-hydrogen) atoms. The smallest absolute Gasteiger partial charge is 0.414 e. The van der Waals surface area contributed by atoms with Gasteiger partial charge >= 0.3 is 6.09 Å². The zero-order chi connectivity index (χ0) is 37.4. The number of fused-ring (bicyclic) bond motifs is 1. The maximum absolute atomic E-state index is 13.6. The summed E-state index contributed by atoms with van der Waals surface area (Å²) in [4.78, 5) is 29.5. The van der Waals surface area contributed by atoms with Crippen LogP contribution >= 0.6 is 0 Å². The van der Waals surface area contributed by atoms with Crippen molar-refractivity contribution in [1.29, 1.82) is 5.26 Å². The largest absolute Gasteiger partial charge is 0.473 e. The lowest BCUT2D eigenvalue weighted by atomic mass is 9.83. The van der Waals surface area contributed by atoms with E-state index in [4.69, 9.17) is 28.6 Å². The van der Waals surface area contributed by atoms with E-state index in [0.717, 1.165) is 42.9 Å². The van der Waals surface area contributed by atoms with Crippen molar-refractivity contribution in [2.24, 2.45) is 0 Å². The monoisotopic (exact) mass is 714 g/mol. The summed E-state index contributed by atoms with van der Waals surface area (Å²) in [6.07, 6.45) is 2.96. The van der Waals surface area contributed by atoms with Crippen LogP contribution in [0.4, 0.5) is 22.1 Å². The number of amides is 1. The van der Waals surface area contributed by atoms with E-state index in [1.165, 1.54) is 0 Å². The van der Waals surface area contributed by atoms with Gasteiger partial charge in [0.05, 0.1) is 23.0 Å². The third-order valence-corrected chi connectivity index (χ3v) is 14.4. The van der Waals surface area contributed by atoms with Crippen molar-refractivity contribution in [3.05, 3.63) is 53.3 Å². The highest BCUT2D eigenvalue weighted by Gasteiger charge is 2.47. The van der Waals surface area contributed by atoms with Gasteiger partial charge in [-0.1, -0.05) is 27.7 Å². The number of hydrogen-bond donors (Lipinski definition) is 1. The quantitative estimate of drug-likeness (QED) is 0.214. The van der Waals surface area contributed by atoms with Crippen LogP contribution in [0, 0.1) is 11.3 Å². The van der Waals surface area contributed by atoms with Crippen LogP contribution in [0.1, 0.15) is 97.9 Å². The molecule has 1 saturated heterocycles. The Hall–Kier alpha value is -4.05. The van der Waals surface area contributed by atoms with Crippen molar-refractivity contribution >= 4 is 31.7 Å². The van der Waals surface area contributed by atoms with Crippen LogP contribution in [0.25, 0.3) is 11.3 Å². The van der Waals surface area contributed by atoms with Crippen LogP contribution in [-0.4, -0.2) is 67.4 Å². The fourth-order valence-corrected chi connectivity index (χ4v) is 7.18. The van der Waals surface area contributed by atoms with Gasteiger partial charge in [0, 0.05) is 55.2 Å². The molecule has 1 atom stereocenters. The van der Waals surface area contributed by atoms with E-state index in [2.05, 4.69) is 57.2 Å². The van der Waals surface area contributed by atoms with Crippen LogP contribution in [0.5, 0.6) is 5.88 Å². The average molecular weight is 715 g/mol. The van der Waals surface area contributed by atoms with Crippen molar-refractivity contribution in [3.8, 4) is 23.2 Å². The number of carbonyl (C=O) groups is 1. The van der Waals surface area contributed by atoms with Gasteiger partial charge in [-0.05, 0) is 101 Å². The maximum atomic E-state index is 13.6. The van der Waals surface area contributed by atoms with Gasteiger partial charge in [-0.3, -0.25) is 4.90 Å². The first-order valence-corrected chi connectivity index (χ1v) is 20.8. The number of nitriles is 1. The number of aromatic nitrogens is 3. The average Bonchev–Trinajstić information content (AvgIpc) is 3.36. The Morgan fingerprint density at radius 3 is 2.45 bits per heavy atom. The Morgan fingerprint density at radius 1 is 1.12 bits per heavy atom. The fraction of sp³-hybridized carbons (Fsp3) is 0.564. The van der Waals surface area contributed by atoms with Crippen molar-refractivity contribution in [2.45, 2.75) is 116 Å². The summed E-state index contributed by atoms with van der Waals surface area (Å²) < 4.78 is 24.3. The molecule has 11 nitrogen and oxygen atoms in total. The van der Waals surface area contributed by atoms with E-state index in [-0.39, 0.29) is 11.1 Å². The molecule has 0 radical (unpaired) electrons. The fourth-order valence-electron chi connectivity index (χ4n) is 6.07. The highest BCUT2D eigenvalue weighted by Crippen LogP contribution is 2.47. The van der Waals surface area contributed by atoms with Gasteiger partial charge in [0.15, 0.2) is 8.32 Å². The standard InChI is InChI=1S/C39H54N6O5Si/c1-25(2)49-34-32(13-12-30(42-34)26-15-18-47-19-16-26)44-35-41-17-14-31(43-35)27-20-28(22-40)33-29(21-27)39(9,24-48-51(10,11)38(6,7)8)23-45(33)36(46)50-37(3,4)5/h12-14,17,20-21,25-26H,15-16,18-19,23-24H2,1-11H3,(H,41,43,44)/t39-/m1/s1. The lowest BCUT2D eigenvalue weighted by Gasteiger charge is -2.39. The normalized spacial score (nSPS) is 18.4. The third kappa shape index (κ3) is 8.71. The maximum Gasteiger partial charge on any atom is 0.414 e. The van der Waals surface area contributed by atoms with Crippen LogP contribution in [0.3, 0.4) is 0 Å². The molecule has 1 N–H and O–H groups in total. The van der Waals surface area contributed by atoms with Gasteiger partial charge in [-0.2, -0.15) is 5.26 Å². The van der Waals surface area contributed by atoms with E-state index >= 15 is 0 Å². The first-order valence-electron chi connectivity index (χ1n) is 17.9. The van der Waals surface area contributed by atoms with Gasteiger partial charge in [0.1, 0.15) is 17.4 Å². The minimum absolute atomic E-state index is 0.000413. The topological polar surface area (TPSA) is 132 Å². The van der Waals surface area contributed by atoms with Crippen molar-refractivity contribution < 1.29 is 23.4 Å². The zero-order valence-corrected chi connectivity index (χ0v) is 33.1. The first kappa shape index (κ1) is 38.2. The zero-order valence-electron chi connectivity index (χ0n) is 32.1. The molecular formula is C39H54N6O5Si. The van der Waals surface area contributed by atoms with Gasteiger partial charge in [0.25, 0.3) is 0 Å². The van der Waals surface area contributed by atoms with Crippen molar-refractivity contribution in [1.82, 2.24) is 15.0 Å². The highest BCUT2D eigenvalue weighted by molar-refractivity contribution is 6.74. The predicted molar refractivity (Wildman–Crippen MR) is 202 cm³/mol. The van der Waals surface area contributed by atoms with Crippen LogP contribution in [0.15, 0.2) is 36.5 Å². The number of carbonyl (C=O) groups excluding carboxylic acids is 1. The van der Waals surface area contributed by atoms with Crippen LogP contribution in [-0.2, 0) is 19.3 Å². The second kappa shape index (κ2) is 14.5. The summed E-state index contributed by atoms with van der Waals surface area (Å²) >= 11 is 0. The minimum atomic E-state index is -2.15. The molecule has 2 aliphatic rings. The molecule has 2 aromatic heterocycles. The lowest BCUT2D eigenvalue weighted by molar-refractivity contribution is 0.0575. The molecule has 4 heterocycles. The number of rotatable bonds is 9. The molecule has 0 saturated carbocycles. The molecule has 0 spiro atoms. The Kier molecular flexibility index (Phi) is 10.9. The first-order chi connectivity index (χ1) is 23.8. The summed E-state index contributed by atoms with van der Waals surface area (Å²) in [5.41, 5.74) is 3.43.